The van der Waals surface area contributed by atoms with Crippen molar-refractivity contribution < 1.29 is 9.94 Å². The Labute approximate surface area is 112 Å². The fraction of sp³-hybridized carbons (Fsp3) is 1.00. The van der Waals surface area contributed by atoms with Crippen LogP contribution < -0.4 is 0 Å². The molecule has 0 atom stereocenters. The summed E-state index contributed by atoms with van der Waals surface area (Å²) in [4.78, 5) is 0. The lowest BCUT2D eigenvalue weighted by Gasteiger charge is -2.52. The highest BCUT2D eigenvalue weighted by atomic mass is 16.5. The van der Waals surface area contributed by atoms with E-state index in [9.17, 15) is 5.21 Å². The molecule has 18 heavy (non-hydrogen) atoms. The van der Waals surface area contributed by atoms with Gasteiger partial charge in [-0.3, -0.25) is 0 Å². The molecule has 0 unspecified atom stereocenters. The van der Waals surface area contributed by atoms with Crippen molar-refractivity contribution in [1.29, 1.82) is 0 Å². The lowest BCUT2D eigenvalue weighted by molar-refractivity contribution is -0.271. The Morgan fingerprint density at radius 1 is 1.11 bits per heavy atom. The molecule has 1 heterocycles. The van der Waals surface area contributed by atoms with Gasteiger partial charge in [-0.05, 0) is 60.3 Å². The molecule has 1 aliphatic heterocycles. The van der Waals surface area contributed by atoms with E-state index in [0.29, 0.717) is 5.92 Å². The van der Waals surface area contributed by atoms with Crippen LogP contribution in [0.1, 0.15) is 68.2 Å². The van der Waals surface area contributed by atoms with Crippen molar-refractivity contribution in [2.75, 3.05) is 0 Å². The van der Waals surface area contributed by atoms with Crippen molar-refractivity contribution in [3.05, 3.63) is 0 Å². The maximum absolute atomic E-state index is 10.3. The van der Waals surface area contributed by atoms with Crippen LogP contribution in [0.15, 0.2) is 0 Å². The number of ether oxygens (including phenoxy) is 1. The Bertz CT molecular complexity index is 277. The Balaban J connectivity index is 2.82. The normalized spacial score (nSPS) is 25.7. The van der Waals surface area contributed by atoms with E-state index in [1.165, 1.54) is 5.06 Å². The van der Waals surface area contributed by atoms with E-state index in [4.69, 9.17) is 4.74 Å². The molecule has 1 fully saturated rings. The van der Waals surface area contributed by atoms with E-state index in [-0.39, 0.29) is 22.8 Å². The molecule has 0 aromatic rings. The standard InChI is InChI=1S/C15H31NO2/c1-11(2)15(7,8)18-12-9-13(3,4)16(17)14(5,6)10-12/h11-12,17H,9-10H2,1-8H3. The van der Waals surface area contributed by atoms with Crippen LogP contribution in [0.25, 0.3) is 0 Å². The van der Waals surface area contributed by atoms with Crippen molar-refractivity contribution in [3.8, 4) is 0 Å². The predicted molar refractivity (Wildman–Crippen MR) is 74.8 cm³/mol. The highest BCUT2D eigenvalue weighted by Gasteiger charge is 2.46. The average molecular weight is 257 g/mol. The van der Waals surface area contributed by atoms with Gasteiger partial charge in [-0.2, -0.15) is 5.06 Å². The van der Waals surface area contributed by atoms with Crippen molar-refractivity contribution in [1.82, 2.24) is 5.06 Å². The van der Waals surface area contributed by atoms with Crippen molar-refractivity contribution in [2.45, 2.75) is 91.0 Å². The van der Waals surface area contributed by atoms with E-state index >= 15 is 0 Å². The van der Waals surface area contributed by atoms with Gasteiger partial charge < -0.3 is 9.94 Å². The zero-order valence-corrected chi connectivity index (χ0v) is 13.4. The smallest absolute Gasteiger partial charge is 0.0653 e. The second-order valence-electron chi connectivity index (χ2n) is 7.84. The third kappa shape index (κ3) is 3.25. The molecular weight excluding hydrogens is 226 g/mol. The molecule has 1 saturated heterocycles. The topological polar surface area (TPSA) is 32.7 Å². The molecule has 1 N–H and O–H groups in total. The number of nitrogens with zero attached hydrogens (tertiary/aromatic N) is 1. The van der Waals surface area contributed by atoms with Crippen LogP contribution in [0, 0.1) is 5.92 Å². The van der Waals surface area contributed by atoms with E-state index in [1.54, 1.807) is 0 Å². The molecule has 108 valence electrons. The minimum Gasteiger partial charge on any atom is -0.372 e. The molecule has 0 aromatic carbocycles. The third-order valence-electron chi connectivity index (χ3n) is 4.46. The summed E-state index contributed by atoms with van der Waals surface area (Å²) in [6.45, 7) is 17.0. The maximum Gasteiger partial charge on any atom is 0.0653 e. The van der Waals surface area contributed by atoms with Gasteiger partial charge in [0.2, 0.25) is 0 Å². The summed E-state index contributed by atoms with van der Waals surface area (Å²) in [6.07, 6.45) is 1.93. The molecule has 0 aromatic heterocycles. The molecule has 0 radical (unpaired) electrons. The first-order valence-electron chi connectivity index (χ1n) is 7.05. The SMILES string of the molecule is CC(C)C(C)(C)OC1CC(C)(C)N(O)C(C)(C)C1. The van der Waals surface area contributed by atoms with Crippen molar-refractivity contribution >= 4 is 0 Å². The summed E-state index contributed by atoms with van der Waals surface area (Å²) in [6, 6.07) is 0. The van der Waals surface area contributed by atoms with E-state index in [0.717, 1.165) is 12.8 Å². The highest BCUT2D eigenvalue weighted by molar-refractivity contribution is 4.97. The van der Waals surface area contributed by atoms with Crippen molar-refractivity contribution in [2.24, 2.45) is 5.92 Å². The van der Waals surface area contributed by atoms with Crippen LogP contribution in [0.4, 0.5) is 0 Å². The lowest BCUT2D eigenvalue weighted by atomic mass is 9.79. The molecule has 1 aliphatic rings. The van der Waals surface area contributed by atoms with E-state index in [2.05, 4.69) is 55.4 Å². The minimum atomic E-state index is -0.237. The second kappa shape index (κ2) is 4.77. The van der Waals surface area contributed by atoms with Crippen LogP contribution in [0.5, 0.6) is 0 Å². The molecule has 0 amide bonds. The van der Waals surface area contributed by atoms with Crippen LogP contribution in [-0.2, 0) is 4.74 Å². The predicted octanol–water partition coefficient (Wildman–Crippen LogP) is 3.85. The number of hydroxylamine groups is 2. The molecule has 3 nitrogen and oxygen atoms in total. The van der Waals surface area contributed by atoms with Gasteiger partial charge in [0.15, 0.2) is 0 Å². The van der Waals surface area contributed by atoms with Gasteiger partial charge in [0.25, 0.3) is 0 Å². The first kappa shape index (κ1) is 15.9. The second-order valence-corrected chi connectivity index (χ2v) is 7.84. The molecule has 0 saturated carbocycles. The molecule has 3 heteroatoms. The average Bonchev–Trinajstić information content (AvgIpc) is 2.11. The van der Waals surface area contributed by atoms with Crippen LogP contribution >= 0.6 is 0 Å². The van der Waals surface area contributed by atoms with Crippen LogP contribution in [-0.4, -0.2) is 33.1 Å². The maximum atomic E-state index is 10.3. The number of rotatable bonds is 3. The molecule has 1 rings (SSSR count). The van der Waals surface area contributed by atoms with Crippen LogP contribution in [0.3, 0.4) is 0 Å². The lowest BCUT2D eigenvalue weighted by Crippen LogP contribution is -2.61. The quantitative estimate of drug-likeness (QED) is 0.833. The summed E-state index contributed by atoms with van der Waals surface area (Å²) < 4.78 is 6.32. The molecule has 0 bridgehead atoms. The third-order valence-corrected chi connectivity index (χ3v) is 4.46. The molecule has 0 aliphatic carbocycles. The molecular formula is C15H31NO2. The monoisotopic (exact) mass is 257 g/mol. The first-order valence-corrected chi connectivity index (χ1v) is 7.05. The van der Waals surface area contributed by atoms with Gasteiger partial charge in [-0.25, -0.2) is 0 Å². The van der Waals surface area contributed by atoms with Gasteiger partial charge >= 0.3 is 0 Å². The number of piperidine rings is 1. The Kier molecular flexibility index (Phi) is 4.22. The Morgan fingerprint density at radius 3 is 1.83 bits per heavy atom. The Morgan fingerprint density at radius 2 is 1.50 bits per heavy atom. The van der Waals surface area contributed by atoms with Gasteiger partial charge in [0.1, 0.15) is 0 Å². The van der Waals surface area contributed by atoms with E-state index < -0.39 is 0 Å². The Hall–Kier alpha value is -0.120. The fourth-order valence-electron chi connectivity index (χ4n) is 2.83. The summed E-state index contributed by atoms with van der Waals surface area (Å²) in [5.74, 6) is 0.482. The summed E-state index contributed by atoms with van der Waals surface area (Å²) in [5, 5.41) is 11.8. The van der Waals surface area contributed by atoms with E-state index in [1.807, 2.05) is 0 Å². The first-order chi connectivity index (χ1) is 7.88. The highest BCUT2D eigenvalue weighted by Crippen LogP contribution is 2.40. The number of hydrogen-bond acceptors (Lipinski definition) is 3. The van der Waals surface area contributed by atoms with Crippen LogP contribution in [0.2, 0.25) is 0 Å². The van der Waals surface area contributed by atoms with Gasteiger partial charge in [-0.15, -0.1) is 0 Å². The largest absolute Gasteiger partial charge is 0.372 e. The summed E-state index contributed by atoms with van der Waals surface area (Å²) in [7, 11) is 0. The van der Waals surface area contributed by atoms with Crippen molar-refractivity contribution in [3.63, 3.8) is 0 Å². The van der Waals surface area contributed by atoms with Gasteiger partial charge in [0.05, 0.1) is 11.7 Å². The fourth-order valence-corrected chi connectivity index (χ4v) is 2.83. The minimum absolute atomic E-state index is 0.117. The zero-order chi connectivity index (χ0) is 14.4. The summed E-state index contributed by atoms with van der Waals surface area (Å²) >= 11 is 0. The summed E-state index contributed by atoms with van der Waals surface area (Å²) in [5.41, 5.74) is -0.590. The van der Waals surface area contributed by atoms with Gasteiger partial charge in [0, 0.05) is 11.1 Å². The zero-order valence-electron chi connectivity index (χ0n) is 13.4. The van der Waals surface area contributed by atoms with Gasteiger partial charge in [-0.1, -0.05) is 13.8 Å². The molecule has 0 spiro atoms. The number of hydrogen-bond donors (Lipinski definition) is 1.